The third-order valence-electron chi connectivity index (χ3n) is 4.55. The van der Waals surface area contributed by atoms with Gasteiger partial charge in [-0.05, 0) is 57.6 Å². The van der Waals surface area contributed by atoms with Crippen molar-refractivity contribution in [3.05, 3.63) is 74.7 Å². The second-order valence-electron chi connectivity index (χ2n) is 5.73. The van der Waals surface area contributed by atoms with Crippen molar-refractivity contribution < 1.29 is 0 Å². The lowest BCUT2D eigenvalue weighted by Gasteiger charge is -2.38. The van der Waals surface area contributed by atoms with E-state index in [4.69, 9.17) is 0 Å². The monoisotopic (exact) mass is 403 g/mol. The van der Waals surface area contributed by atoms with Gasteiger partial charge >= 0.3 is 0 Å². The Labute approximate surface area is 141 Å². The second-order valence-corrected chi connectivity index (χ2v) is 7.50. The molecule has 0 unspecified atom stereocenters. The standard InChI is InChI=1S/C18H15Br2N/c19-12-5-1-4-11(10-12)17-14-7-2-6-13(14)15-8-3-9-16(20)18(15)21-17/h1-6,8-10,13-14,17,21H,7H2/t13-,14-,17+/m1/s1. The number of nitrogens with one attached hydrogen (secondary N) is 1. The van der Waals surface area contributed by atoms with Gasteiger partial charge in [0.05, 0.1) is 11.7 Å². The summed E-state index contributed by atoms with van der Waals surface area (Å²) in [4.78, 5) is 0. The first-order valence-electron chi connectivity index (χ1n) is 7.21. The van der Waals surface area contributed by atoms with Crippen LogP contribution >= 0.6 is 31.9 Å². The molecule has 3 atom stereocenters. The highest BCUT2D eigenvalue weighted by Gasteiger charge is 2.38. The zero-order valence-electron chi connectivity index (χ0n) is 11.4. The summed E-state index contributed by atoms with van der Waals surface area (Å²) in [7, 11) is 0. The Bertz CT molecular complexity index is 723. The van der Waals surface area contributed by atoms with Crippen LogP contribution in [-0.2, 0) is 0 Å². The Morgan fingerprint density at radius 3 is 2.76 bits per heavy atom. The van der Waals surface area contributed by atoms with Crippen LogP contribution in [0.25, 0.3) is 0 Å². The average Bonchev–Trinajstić information content (AvgIpc) is 2.96. The molecule has 0 saturated heterocycles. The van der Waals surface area contributed by atoms with Gasteiger partial charge in [-0.25, -0.2) is 0 Å². The molecule has 1 nitrogen and oxygen atoms in total. The average molecular weight is 405 g/mol. The van der Waals surface area contributed by atoms with Crippen LogP contribution in [0.5, 0.6) is 0 Å². The molecule has 0 aromatic heterocycles. The molecule has 2 aliphatic rings. The molecule has 0 bridgehead atoms. The minimum Gasteiger partial charge on any atom is -0.377 e. The van der Waals surface area contributed by atoms with Crippen molar-refractivity contribution in [2.45, 2.75) is 18.4 Å². The van der Waals surface area contributed by atoms with Gasteiger partial charge in [0.1, 0.15) is 0 Å². The minimum atomic E-state index is 0.355. The summed E-state index contributed by atoms with van der Waals surface area (Å²) >= 11 is 7.29. The maximum atomic E-state index is 3.77. The Balaban J connectivity index is 1.83. The molecule has 0 fully saturated rings. The minimum absolute atomic E-state index is 0.355. The molecule has 1 N–H and O–H groups in total. The Hall–Kier alpha value is -1.06. The largest absolute Gasteiger partial charge is 0.377 e. The lowest BCUT2D eigenvalue weighted by atomic mass is 9.77. The highest BCUT2D eigenvalue weighted by atomic mass is 79.9. The Morgan fingerprint density at radius 2 is 1.90 bits per heavy atom. The van der Waals surface area contributed by atoms with E-state index in [9.17, 15) is 0 Å². The molecule has 2 aromatic carbocycles. The molecule has 2 aromatic rings. The predicted octanol–water partition coefficient (Wildman–Crippen LogP) is 6.04. The Kier molecular flexibility index (Phi) is 3.43. The van der Waals surface area contributed by atoms with E-state index in [0.29, 0.717) is 17.9 Å². The van der Waals surface area contributed by atoms with Gasteiger partial charge in [-0.3, -0.25) is 0 Å². The summed E-state index contributed by atoms with van der Waals surface area (Å²) in [6.07, 6.45) is 5.85. The summed E-state index contributed by atoms with van der Waals surface area (Å²) < 4.78 is 2.29. The number of fused-ring (bicyclic) bond motifs is 3. The van der Waals surface area contributed by atoms with E-state index >= 15 is 0 Å². The Morgan fingerprint density at radius 1 is 1.05 bits per heavy atom. The zero-order valence-corrected chi connectivity index (χ0v) is 14.6. The SMILES string of the molecule is Brc1cccc([C@@H]2Nc3c(Br)cccc3[C@@H]3C=CC[C@H]32)c1. The topological polar surface area (TPSA) is 12.0 Å². The third-order valence-corrected chi connectivity index (χ3v) is 5.71. The van der Waals surface area contributed by atoms with Crippen LogP contribution in [0.15, 0.2) is 63.6 Å². The quantitative estimate of drug-likeness (QED) is 0.571. The fraction of sp³-hybridized carbons (Fsp3) is 0.222. The number of anilines is 1. The molecule has 3 heteroatoms. The van der Waals surface area contributed by atoms with Gasteiger partial charge in [-0.1, -0.05) is 52.3 Å². The second kappa shape index (κ2) is 5.29. The van der Waals surface area contributed by atoms with Crippen LogP contribution in [-0.4, -0.2) is 0 Å². The molecular formula is C18H15Br2N. The molecule has 21 heavy (non-hydrogen) atoms. The molecule has 4 rings (SSSR count). The molecule has 1 aliphatic heterocycles. The van der Waals surface area contributed by atoms with Crippen LogP contribution < -0.4 is 5.32 Å². The number of para-hydroxylation sites is 1. The van der Waals surface area contributed by atoms with Gasteiger partial charge in [0, 0.05) is 14.9 Å². The number of hydrogen-bond acceptors (Lipinski definition) is 1. The summed E-state index contributed by atoms with van der Waals surface area (Å²) in [6, 6.07) is 15.5. The number of hydrogen-bond donors (Lipinski definition) is 1. The van der Waals surface area contributed by atoms with Crippen molar-refractivity contribution in [3.8, 4) is 0 Å². The summed E-state index contributed by atoms with van der Waals surface area (Å²) in [5.74, 6) is 1.11. The van der Waals surface area contributed by atoms with Crippen molar-refractivity contribution >= 4 is 37.5 Å². The van der Waals surface area contributed by atoms with Crippen LogP contribution in [0, 0.1) is 5.92 Å². The molecule has 0 amide bonds. The van der Waals surface area contributed by atoms with Crippen LogP contribution in [0.2, 0.25) is 0 Å². The van der Waals surface area contributed by atoms with Crippen LogP contribution in [0.1, 0.15) is 29.5 Å². The molecule has 0 saturated carbocycles. The van der Waals surface area contributed by atoms with Crippen LogP contribution in [0.4, 0.5) is 5.69 Å². The first kappa shape index (κ1) is 13.6. The fourth-order valence-electron chi connectivity index (χ4n) is 3.61. The van der Waals surface area contributed by atoms with Gasteiger partial charge in [-0.2, -0.15) is 0 Å². The van der Waals surface area contributed by atoms with Crippen molar-refractivity contribution in [2.24, 2.45) is 5.92 Å². The first-order chi connectivity index (χ1) is 10.2. The number of halogens is 2. The predicted molar refractivity (Wildman–Crippen MR) is 94.6 cm³/mol. The van der Waals surface area contributed by atoms with Gasteiger partial charge in [0.15, 0.2) is 0 Å². The summed E-state index contributed by atoms with van der Waals surface area (Å²) in [5.41, 5.74) is 4.01. The van der Waals surface area contributed by atoms with Crippen molar-refractivity contribution in [1.82, 2.24) is 0 Å². The lowest BCUT2D eigenvalue weighted by molar-refractivity contribution is 0.425. The normalized spacial score (nSPS) is 26.1. The first-order valence-corrected chi connectivity index (χ1v) is 8.80. The van der Waals surface area contributed by atoms with Gasteiger partial charge in [0.25, 0.3) is 0 Å². The van der Waals surface area contributed by atoms with Crippen LogP contribution in [0.3, 0.4) is 0 Å². The van der Waals surface area contributed by atoms with E-state index in [1.807, 2.05) is 0 Å². The third kappa shape index (κ3) is 2.27. The molecule has 1 aliphatic carbocycles. The summed E-state index contributed by atoms with van der Waals surface area (Å²) in [6.45, 7) is 0. The fourth-order valence-corrected chi connectivity index (χ4v) is 4.53. The number of rotatable bonds is 1. The van der Waals surface area contributed by atoms with E-state index in [0.717, 1.165) is 15.4 Å². The highest BCUT2D eigenvalue weighted by Crippen LogP contribution is 2.51. The zero-order chi connectivity index (χ0) is 14.4. The van der Waals surface area contributed by atoms with Gasteiger partial charge in [-0.15, -0.1) is 0 Å². The number of allylic oxidation sites excluding steroid dienone is 2. The van der Waals surface area contributed by atoms with E-state index < -0.39 is 0 Å². The van der Waals surface area contributed by atoms with Crippen molar-refractivity contribution in [1.29, 1.82) is 0 Å². The van der Waals surface area contributed by atoms with Crippen molar-refractivity contribution in [3.63, 3.8) is 0 Å². The van der Waals surface area contributed by atoms with Gasteiger partial charge in [0.2, 0.25) is 0 Å². The van der Waals surface area contributed by atoms with E-state index in [-0.39, 0.29) is 0 Å². The maximum Gasteiger partial charge on any atom is 0.0554 e. The molecule has 0 spiro atoms. The van der Waals surface area contributed by atoms with E-state index in [1.54, 1.807) is 0 Å². The number of benzene rings is 2. The van der Waals surface area contributed by atoms with E-state index in [1.165, 1.54) is 16.8 Å². The highest BCUT2D eigenvalue weighted by molar-refractivity contribution is 9.10. The maximum absolute atomic E-state index is 3.77. The van der Waals surface area contributed by atoms with Gasteiger partial charge < -0.3 is 5.32 Å². The molecule has 1 heterocycles. The molecular weight excluding hydrogens is 390 g/mol. The molecule has 0 radical (unpaired) electrons. The lowest BCUT2D eigenvalue weighted by Crippen LogP contribution is -2.29. The summed E-state index contributed by atoms with van der Waals surface area (Å²) in [5, 5.41) is 3.77. The van der Waals surface area contributed by atoms with Crippen molar-refractivity contribution in [2.75, 3.05) is 5.32 Å². The van der Waals surface area contributed by atoms with E-state index in [2.05, 4.69) is 91.8 Å². The smallest absolute Gasteiger partial charge is 0.0554 e. The molecule has 106 valence electrons.